The van der Waals surface area contributed by atoms with Gasteiger partial charge in [-0.05, 0) is 70.5 Å². The van der Waals surface area contributed by atoms with Crippen LogP contribution in [0, 0.1) is 3.57 Å². The number of amides is 1. The largest absolute Gasteiger partial charge is 0.308 e. The predicted molar refractivity (Wildman–Crippen MR) is 95.1 cm³/mol. The zero-order chi connectivity index (χ0) is 15.0. The summed E-state index contributed by atoms with van der Waals surface area (Å²) in [5, 5.41) is 1.04. The molecule has 0 bridgehead atoms. The first-order chi connectivity index (χ1) is 10.0. The molecular weight excluding hydrogens is 420 g/mol. The summed E-state index contributed by atoms with van der Waals surface area (Å²) >= 11 is 14.3. The van der Waals surface area contributed by atoms with Crippen LogP contribution in [-0.2, 0) is 17.8 Å². The van der Waals surface area contributed by atoms with Crippen molar-refractivity contribution in [3.8, 4) is 0 Å². The number of anilines is 1. The molecule has 2 aromatic carbocycles. The first-order valence-electron chi connectivity index (χ1n) is 6.57. The highest BCUT2D eigenvalue weighted by molar-refractivity contribution is 14.1. The molecule has 0 unspecified atom stereocenters. The van der Waals surface area contributed by atoms with Gasteiger partial charge in [0.15, 0.2) is 0 Å². The lowest BCUT2D eigenvalue weighted by molar-refractivity contribution is -0.119. The van der Waals surface area contributed by atoms with Crippen molar-refractivity contribution in [1.82, 2.24) is 0 Å². The number of carbonyl (C=O) groups is 1. The van der Waals surface area contributed by atoms with E-state index in [-0.39, 0.29) is 5.91 Å². The van der Waals surface area contributed by atoms with Crippen molar-refractivity contribution >= 4 is 57.4 Å². The molecule has 108 valence electrons. The van der Waals surface area contributed by atoms with Gasteiger partial charge >= 0.3 is 0 Å². The molecule has 1 aliphatic rings. The smallest absolute Gasteiger partial charge is 0.227 e. The van der Waals surface area contributed by atoms with Gasteiger partial charge in [-0.3, -0.25) is 4.79 Å². The Balaban J connectivity index is 1.94. The van der Waals surface area contributed by atoms with Gasteiger partial charge in [0.05, 0.1) is 16.6 Å². The summed E-state index contributed by atoms with van der Waals surface area (Å²) in [5.41, 5.74) is 3.20. The standard InChI is InChI=1S/C16H12Cl2INO/c17-13-4-1-10(7-14(13)18)9-20-15-5-3-12(19)8-11(15)2-6-16(20)21/h1,3-5,7-8H,2,6,9H2. The Bertz CT molecular complexity index is 717. The summed E-state index contributed by atoms with van der Waals surface area (Å²) in [5.74, 6) is 0.148. The highest BCUT2D eigenvalue weighted by Crippen LogP contribution is 2.31. The molecule has 21 heavy (non-hydrogen) atoms. The fraction of sp³-hybridized carbons (Fsp3) is 0.188. The number of benzene rings is 2. The highest BCUT2D eigenvalue weighted by atomic mass is 127. The lowest BCUT2D eigenvalue weighted by atomic mass is 10.0. The number of hydrogen-bond donors (Lipinski definition) is 0. The van der Waals surface area contributed by atoms with Gasteiger partial charge in [0.2, 0.25) is 5.91 Å². The van der Waals surface area contributed by atoms with Gasteiger partial charge in [0.25, 0.3) is 0 Å². The van der Waals surface area contributed by atoms with Crippen LogP contribution in [0.2, 0.25) is 10.0 Å². The van der Waals surface area contributed by atoms with E-state index in [9.17, 15) is 4.79 Å². The second kappa shape index (κ2) is 6.15. The number of nitrogens with zero attached hydrogens (tertiary/aromatic N) is 1. The number of aryl methyl sites for hydroxylation is 1. The summed E-state index contributed by atoms with van der Waals surface area (Å²) in [7, 11) is 0. The van der Waals surface area contributed by atoms with Crippen molar-refractivity contribution in [1.29, 1.82) is 0 Å². The van der Waals surface area contributed by atoms with Gasteiger partial charge < -0.3 is 4.90 Å². The fourth-order valence-electron chi connectivity index (χ4n) is 2.52. The van der Waals surface area contributed by atoms with E-state index in [4.69, 9.17) is 23.2 Å². The molecule has 0 fully saturated rings. The Morgan fingerprint density at radius 1 is 1.05 bits per heavy atom. The molecule has 0 atom stereocenters. The Labute approximate surface area is 147 Å². The van der Waals surface area contributed by atoms with Crippen molar-refractivity contribution in [2.45, 2.75) is 19.4 Å². The normalized spacial score (nSPS) is 14.2. The molecule has 0 spiro atoms. The van der Waals surface area contributed by atoms with E-state index < -0.39 is 0 Å². The summed E-state index contributed by atoms with van der Waals surface area (Å²) in [6.07, 6.45) is 1.36. The lowest BCUT2D eigenvalue weighted by Crippen LogP contribution is -2.34. The van der Waals surface area contributed by atoms with Crippen LogP contribution in [0.3, 0.4) is 0 Å². The third kappa shape index (κ3) is 3.20. The summed E-state index contributed by atoms with van der Waals surface area (Å²) < 4.78 is 1.19. The van der Waals surface area contributed by atoms with Crippen molar-refractivity contribution in [3.05, 3.63) is 61.1 Å². The van der Waals surface area contributed by atoms with Crippen LogP contribution in [0.15, 0.2) is 36.4 Å². The van der Waals surface area contributed by atoms with E-state index in [1.807, 2.05) is 29.2 Å². The zero-order valence-corrected chi connectivity index (χ0v) is 14.7. The van der Waals surface area contributed by atoms with E-state index in [2.05, 4.69) is 28.7 Å². The minimum absolute atomic E-state index is 0.148. The molecule has 2 aromatic rings. The molecule has 0 saturated heterocycles. The highest BCUT2D eigenvalue weighted by Gasteiger charge is 2.24. The third-order valence-electron chi connectivity index (χ3n) is 3.57. The minimum Gasteiger partial charge on any atom is -0.308 e. The van der Waals surface area contributed by atoms with Crippen LogP contribution >= 0.6 is 45.8 Å². The van der Waals surface area contributed by atoms with Crippen molar-refractivity contribution in [3.63, 3.8) is 0 Å². The summed E-state index contributed by atoms with van der Waals surface area (Å²) in [6, 6.07) is 11.7. The van der Waals surface area contributed by atoms with Crippen molar-refractivity contribution in [2.24, 2.45) is 0 Å². The van der Waals surface area contributed by atoms with Crippen molar-refractivity contribution in [2.75, 3.05) is 4.90 Å². The monoisotopic (exact) mass is 431 g/mol. The Kier molecular flexibility index (Phi) is 4.43. The molecule has 1 heterocycles. The SMILES string of the molecule is O=C1CCc2cc(I)ccc2N1Cc1ccc(Cl)c(Cl)c1. The minimum atomic E-state index is 0.148. The molecule has 5 heteroatoms. The zero-order valence-electron chi connectivity index (χ0n) is 11.1. The molecule has 0 N–H and O–H groups in total. The van der Waals surface area contributed by atoms with E-state index in [0.717, 1.165) is 17.7 Å². The number of fused-ring (bicyclic) bond motifs is 1. The third-order valence-corrected chi connectivity index (χ3v) is 4.98. The van der Waals surface area contributed by atoms with Gasteiger partial charge in [-0.25, -0.2) is 0 Å². The molecule has 2 nitrogen and oxygen atoms in total. The molecule has 0 radical (unpaired) electrons. The quantitative estimate of drug-likeness (QED) is 0.607. The number of carbonyl (C=O) groups excluding carboxylic acids is 1. The van der Waals surface area contributed by atoms with Crippen LogP contribution in [0.4, 0.5) is 5.69 Å². The van der Waals surface area contributed by atoms with Crippen LogP contribution in [0.25, 0.3) is 0 Å². The van der Waals surface area contributed by atoms with E-state index in [0.29, 0.717) is 23.0 Å². The predicted octanol–water partition coefficient (Wildman–Crippen LogP) is 5.08. The van der Waals surface area contributed by atoms with Gasteiger partial charge in [0.1, 0.15) is 0 Å². The Morgan fingerprint density at radius 3 is 2.62 bits per heavy atom. The Morgan fingerprint density at radius 2 is 1.86 bits per heavy atom. The van der Waals surface area contributed by atoms with E-state index >= 15 is 0 Å². The molecule has 0 aliphatic carbocycles. The van der Waals surface area contributed by atoms with Crippen LogP contribution in [0.1, 0.15) is 17.5 Å². The van der Waals surface area contributed by atoms with Gasteiger partial charge in [0, 0.05) is 15.7 Å². The maximum absolute atomic E-state index is 12.3. The maximum atomic E-state index is 12.3. The molecule has 0 saturated carbocycles. The second-order valence-corrected chi connectivity index (χ2v) is 7.06. The lowest BCUT2D eigenvalue weighted by Gasteiger charge is -2.29. The van der Waals surface area contributed by atoms with E-state index in [1.54, 1.807) is 6.07 Å². The Hall–Kier alpha value is -0.780. The second-order valence-electron chi connectivity index (χ2n) is 5.00. The first kappa shape index (κ1) is 15.1. The van der Waals surface area contributed by atoms with Crippen LogP contribution < -0.4 is 4.90 Å². The van der Waals surface area contributed by atoms with Gasteiger partial charge in [-0.1, -0.05) is 29.3 Å². The molecule has 1 amide bonds. The van der Waals surface area contributed by atoms with Gasteiger partial charge in [-0.15, -0.1) is 0 Å². The van der Waals surface area contributed by atoms with Crippen LogP contribution in [0.5, 0.6) is 0 Å². The molecular formula is C16H12Cl2INO. The average Bonchev–Trinajstić information content (AvgIpc) is 2.46. The molecule has 0 aromatic heterocycles. The number of halogens is 3. The molecule has 3 rings (SSSR count). The molecule has 1 aliphatic heterocycles. The number of rotatable bonds is 2. The van der Waals surface area contributed by atoms with E-state index in [1.165, 1.54) is 9.13 Å². The van der Waals surface area contributed by atoms with Gasteiger partial charge in [-0.2, -0.15) is 0 Å². The van der Waals surface area contributed by atoms with Crippen LogP contribution in [-0.4, -0.2) is 5.91 Å². The van der Waals surface area contributed by atoms with Crippen molar-refractivity contribution < 1.29 is 4.79 Å². The fourth-order valence-corrected chi connectivity index (χ4v) is 3.40. The maximum Gasteiger partial charge on any atom is 0.227 e. The summed E-state index contributed by atoms with van der Waals surface area (Å²) in [4.78, 5) is 14.1. The topological polar surface area (TPSA) is 20.3 Å². The average molecular weight is 432 g/mol. The first-order valence-corrected chi connectivity index (χ1v) is 8.41. The summed E-state index contributed by atoms with van der Waals surface area (Å²) in [6.45, 7) is 0.517. The number of hydrogen-bond acceptors (Lipinski definition) is 1.